The summed E-state index contributed by atoms with van der Waals surface area (Å²) in [7, 11) is 0. The largest absolute Gasteiger partial charge is 0.454 e. The van der Waals surface area contributed by atoms with Gasteiger partial charge in [-0.15, -0.1) is 11.3 Å². The van der Waals surface area contributed by atoms with E-state index in [1.165, 1.54) is 22.2 Å². The molecule has 1 N–H and O–H groups in total. The predicted molar refractivity (Wildman–Crippen MR) is 102 cm³/mol. The first-order valence-electron chi connectivity index (χ1n) is 8.72. The van der Waals surface area contributed by atoms with Gasteiger partial charge in [0.05, 0.1) is 17.8 Å². The Hall–Kier alpha value is -2.87. The number of fused-ring (bicyclic) bond motifs is 2. The lowest BCUT2D eigenvalue weighted by Crippen LogP contribution is -2.33. The van der Waals surface area contributed by atoms with Gasteiger partial charge in [-0.2, -0.15) is 0 Å². The van der Waals surface area contributed by atoms with Crippen molar-refractivity contribution in [2.45, 2.75) is 32.9 Å². The number of aromatic nitrogens is 2. The van der Waals surface area contributed by atoms with Crippen molar-refractivity contribution in [2.75, 3.05) is 6.79 Å². The van der Waals surface area contributed by atoms with E-state index in [9.17, 15) is 9.59 Å². The molecule has 3 aromatic rings. The highest BCUT2D eigenvalue weighted by Gasteiger charge is 2.17. The van der Waals surface area contributed by atoms with Gasteiger partial charge in [-0.05, 0) is 37.1 Å². The molecule has 0 aliphatic carbocycles. The van der Waals surface area contributed by atoms with Crippen molar-refractivity contribution >= 4 is 27.5 Å². The summed E-state index contributed by atoms with van der Waals surface area (Å²) < 4.78 is 12.0. The molecule has 1 aliphatic rings. The van der Waals surface area contributed by atoms with E-state index in [0.717, 1.165) is 16.9 Å². The minimum atomic E-state index is -0.255. The van der Waals surface area contributed by atoms with Gasteiger partial charge in [0.1, 0.15) is 11.4 Å². The second-order valence-electron chi connectivity index (χ2n) is 6.36. The average Bonchev–Trinajstić information content (AvgIpc) is 3.30. The standard InChI is InChI=1S/C19H19N3O4S/c1-3-13-7-14-18(27-13)20-9-22(19(14)24)8-17(23)21-11(2)12-4-5-15-16(6-12)26-10-25-15/h4-7,9,11H,3,8,10H2,1-2H3,(H,21,23). The third-order valence-electron chi connectivity index (χ3n) is 4.51. The molecule has 2 aromatic heterocycles. The molecular weight excluding hydrogens is 366 g/mol. The summed E-state index contributed by atoms with van der Waals surface area (Å²) in [6, 6.07) is 7.19. The molecule has 0 saturated carbocycles. The van der Waals surface area contributed by atoms with Crippen LogP contribution in [-0.2, 0) is 17.8 Å². The predicted octanol–water partition coefficient (Wildman–Crippen LogP) is 2.63. The van der Waals surface area contributed by atoms with E-state index in [-0.39, 0.29) is 30.8 Å². The van der Waals surface area contributed by atoms with Gasteiger partial charge < -0.3 is 14.8 Å². The molecule has 1 aliphatic heterocycles. The minimum absolute atomic E-state index is 0.0754. The van der Waals surface area contributed by atoms with E-state index in [1.54, 1.807) is 0 Å². The van der Waals surface area contributed by atoms with Crippen LogP contribution in [0.25, 0.3) is 10.2 Å². The van der Waals surface area contributed by atoms with Crippen LogP contribution in [0.1, 0.15) is 30.3 Å². The second kappa shape index (κ2) is 7.03. The molecule has 27 heavy (non-hydrogen) atoms. The Morgan fingerprint density at radius 1 is 1.33 bits per heavy atom. The van der Waals surface area contributed by atoms with E-state index >= 15 is 0 Å². The van der Waals surface area contributed by atoms with Crippen molar-refractivity contribution in [1.82, 2.24) is 14.9 Å². The van der Waals surface area contributed by atoms with Crippen LogP contribution in [0.2, 0.25) is 0 Å². The summed E-state index contributed by atoms with van der Waals surface area (Å²) in [5, 5.41) is 3.47. The van der Waals surface area contributed by atoms with Crippen LogP contribution < -0.4 is 20.3 Å². The molecule has 0 spiro atoms. The Kier molecular flexibility index (Phi) is 4.57. The fourth-order valence-corrected chi connectivity index (χ4v) is 3.93. The molecule has 1 aromatic carbocycles. The molecule has 0 saturated heterocycles. The molecule has 0 fully saturated rings. The number of nitrogens with zero attached hydrogens (tertiary/aromatic N) is 2. The van der Waals surface area contributed by atoms with Crippen molar-refractivity contribution in [3.05, 3.63) is 51.4 Å². The third kappa shape index (κ3) is 3.40. The lowest BCUT2D eigenvalue weighted by molar-refractivity contribution is -0.122. The number of aryl methyl sites for hydroxylation is 1. The van der Waals surface area contributed by atoms with E-state index < -0.39 is 0 Å². The van der Waals surface area contributed by atoms with Crippen molar-refractivity contribution in [2.24, 2.45) is 0 Å². The summed E-state index contributed by atoms with van der Waals surface area (Å²) in [4.78, 5) is 31.2. The normalized spacial score (nSPS) is 13.7. The molecule has 1 unspecified atom stereocenters. The van der Waals surface area contributed by atoms with Crippen LogP contribution in [-0.4, -0.2) is 22.3 Å². The molecule has 8 heteroatoms. The number of hydrogen-bond acceptors (Lipinski definition) is 6. The van der Waals surface area contributed by atoms with Crippen LogP contribution in [0.15, 0.2) is 35.4 Å². The molecule has 1 atom stereocenters. The number of nitrogens with one attached hydrogen (secondary N) is 1. The number of ether oxygens (including phenoxy) is 2. The average molecular weight is 385 g/mol. The monoisotopic (exact) mass is 385 g/mol. The van der Waals surface area contributed by atoms with Crippen LogP contribution >= 0.6 is 11.3 Å². The molecule has 140 valence electrons. The summed E-state index contributed by atoms with van der Waals surface area (Å²) in [5.74, 6) is 1.11. The topological polar surface area (TPSA) is 82.5 Å². The molecule has 3 heterocycles. The van der Waals surface area contributed by atoms with Crippen molar-refractivity contribution in [3.8, 4) is 11.5 Å². The maximum absolute atomic E-state index is 12.6. The Balaban J connectivity index is 1.48. The van der Waals surface area contributed by atoms with E-state index in [1.807, 2.05) is 38.1 Å². The quantitative estimate of drug-likeness (QED) is 0.730. The highest BCUT2D eigenvalue weighted by atomic mass is 32.1. The highest BCUT2D eigenvalue weighted by molar-refractivity contribution is 7.18. The zero-order valence-electron chi connectivity index (χ0n) is 15.0. The lowest BCUT2D eigenvalue weighted by atomic mass is 10.1. The number of thiophene rings is 1. The fourth-order valence-electron chi connectivity index (χ4n) is 3.00. The zero-order chi connectivity index (χ0) is 19.0. The van der Waals surface area contributed by atoms with E-state index in [2.05, 4.69) is 10.3 Å². The molecular formula is C19H19N3O4S. The van der Waals surface area contributed by atoms with Gasteiger partial charge in [-0.1, -0.05) is 13.0 Å². The highest BCUT2D eigenvalue weighted by Crippen LogP contribution is 2.34. The Morgan fingerprint density at radius 2 is 2.15 bits per heavy atom. The van der Waals surface area contributed by atoms with Crippen LogP contribution in [0.4, 0.5) is 0 Å². The number of carbonyl (C=O) groups is 1. The van der Waals surface area contributed by atoms with Gasteiger partial charge in [0.2, 0.25) is 12.7 Å². The van der Waals surface area contributed by atoms with Gasteiger partial charge in [0.15, 0.2) is 11.5 Å². The summed E-state index contributed by atoms with van der Waals surface area (Å²) >= 11 is 1.51. The van der Waals surface area contributed by atoms with Crippen molar-refractivity contribution < 1.29 is 14.3 Å². The van der Waals surface area contributed by atoms with Crippen LogP contribution in [0, 0.1) is 0 Å². The minimum Gasteiger partial charge on any atom is -0.454 e. The number of hydrogen-bond donors (Lipinski definition) is 1. The molecule has 0 bridgehead atoms. The first kappa shape index (κ1) is 17.5. The molecule has 4 rings (SSSR count). The van der Waals surface area contributed by atoms with Gasteiger partial charge in [-0.3, -0.25) is 14.2 Å². The van der Waals surface area contributed by atoms with Gasteiger partial charge in [-0.25, -0.2) is 4.98 Å². The number of benzene rings is 1. The Labute approximate surface area is 159 Å². The first-order valence-corrected chi connectivity index (χ1v) is 9.53. The van der Waals surface area contributed by atoms with Crippen LogP contribution in [0.3, 0.4) is 0 Å². The zero-order valence-corrected chi connectivity index (χ0v) is 15.8. The molecule has 1 amide bonds. The van der Waals surface area contributed by atoms with Crippen molar-refractivity contribution in [1.29, 1.82) is 0 Å². The maximum atomic E-state index is 12.6. The van der Waals surface area contributed by atoms with Gasteiger partial charge in [0, 0.05) is 4.88 Å². The first-order chi connectivity index (χ1) is 13.0. The number of rotatable bonds is 5. The third-order valence-corrected chi connectivity index (χ3v) is 5.69. The van der Waals surface area contributed by atoms with Gasteiger partial charge >= 0.3 is 0 Å². The van der Waals surface area contributed by atoms with Crippen molar-refractivity contribution in [3.63, 3.8) is 0 Å². The van der Waals surface area contributed by atoms with Crippen LogP contribution in [0.5, 0.6) is 11.5 Å². The Bertz CT molecular complexity index is 1070. The number of amides is 1. The SMILES string of the molecule is CCc1cc2c(=O)n(CC(=O)NC(C)c3ccc4c(c3)OCO4)cnc2s1. The maximum Gasteiger partial charge on any atom is 0.262 e. The summed E-state index contributed by atoms with van der Waals surface area (Å²) in [6.07, 6.45) is 2.29. The second-order valence-corrected chi connectivity index (χ2v) is 7.48. The van der Waals surface area contributed by atoms with E-state index in [0.29, 0.717) is 21.7 Å². The van der Waals surface area contributed by atoms with Gasteiger partial charge in [0.25, 0.3) is 5.56 Å². The van der Waals surface area contributed by atoms with E-state index in [4.69, 9.17) is 9.47 Å². The smallest absolute Gasteiger partial charge is 0.262 e. The number of carbonyl (C=O) groups excluding carboxylic acids is 1. The summed E-state index contributed by atoms with van der Waals surface area (Å²) in [6.45, 7) is 4.05. The lowest BCUT2D eigenvalue weighted by Gasteiger charge is -2.15. The summed E-state index contributed by atoms with van der Waals surface area (Å²) in [5.41, 5.74) is 0.709. The Morgan fingerprint density at radius 3 is 2.96 bits per heavy atom. The molecule has 7 nitrogen and oxygen atoms in total. The fraction of sp³-hybridized carbons (Fsp3) is 0.316. The molecule has 0 radical (unpaired) electrons.